The van der Waals surface area contributed by atoms with Gasteiger partial charge in [0.1, 0.15) is 11.9 Å². The van der Waals surface area contributed by atoms with Crippen molar-refractivity contribution < 1.29 is 4.74 Å². The van der Waals surface area contributed by atoms with E-state index in [2.05, 4.69) is 11.9 Å². The minimum Gasteiger partial charge on any atom is -0.384 e. The zero-order valence-corrected chi connectivity index (χ0v) is 12.8. The van der Waals surface area contributed by atoms with Crippen LogP contribution in [0.15, 0.2) is 6.07 Å². The average molecular weight is 277 g/mol. The van der Waals surface area contributed by atoms with Crippen molar-refractivity contribution >= 4 is 5.82 Å². The van der Waals surface area contributed by atoms with Gasteiger partial charge >= 0.3 is 0 Å². The summed E-state index contributed by atoms with van der Waals surface area (Å²) in [5.74, 6) is 1.90. The van der Waals surface area contributed by atoms with Crippen LogP contribution in [-0.2, 0) is 11.2 Å². The van der Waals surface area contributed by atoms with Gasteiger partial charge in [0.25, 0.3) is 0 Å². The predicted molar refractivity (Wildman–Crippen MR) is 81.4 cm³/mol. The number of hydrogen-bond donors (Lipinski definition) is 1. The van der Waals surface area contributed by atoms with Gasteiger partial charge in [0, 0.05) is 18.4 Å². The average Bonchev–Trinajstić information content (AvgIpc) is 2.45. The van der Waals surface area contributed by atoms with Gasteiger partial charge < -0.3 is 10.5 Å². The number of hydrogen-bond acceptors (Lipinski definition) is 4. The molecule has 0 bridgehead atoms. The Hall–Kier alpha value is -1.16. The van der Waals surface area contributed by atoms with Gasteiger partial charge in [-0.25, -0.2) is 9.97 Å². The molecule has 1 aliphatic carbocycles. The van der Waals surface area contributed by atoms with Gasteiger partial charge in [-0.2, -0.15) is 0 Å². The van der Waals surface area contributed by atoms with Crippen LogP contribution in [0.4, 0.5) is 5.82 Å². The lowest BCUT2D eigenvalue weighted by Gasteiger charge is -2.29. The van der Waals surface area contributed by atoms with E-state index >= 15 is 0 Å². The third kappa shape index (κ3) is 3.92. The van der Waals surface area contributed by atoms with E-state index in [9.17, 15) is 0 Å². The molecule has 2 N–H and O–H groups in total. The summed E-state index contributed by atoms with van der Waals surface area (Å²) in [7, 11) is 0. The third-order valence-electron chi connectivity index (χ3n) is 4.00. The lowest BCUT2D eigenvalue weighted by molar-refractivity contribution is -0.000222. The summed E-state index contributed by atoms with van der Waals surface area (Å²) in [5.41, 5.74) is 6.98. The van der Waals surface area contributed by atoms with Gasteiger partial charge in [-0.1, -0.05) is 32.6 Å². The molecule has 2 rings (SSSR count). The summed E-state index contributed by atoms with van der Waals surface area (Å²) in [4.78, 5) is 9.15. The zero-order valence-electron chi connectivity index (χ0n) is 12.8. The Bertz CT molecular complexity index is 416. The van der Waals surface area contributed by atoms with Crippen LogP contribution in [0.5, 0.6) is 0 Å². The van der Waals surface area contributed by atoms with E-state index in [1.807, 2.05) is 13.0 Å². The van der Waals surface area contributed by atoms with E-state index in [1.54, 1.807) is 0 Å². The maximum Gasteiger partial charge on any atom is 0.160 e. The summed E-state index contributed by atoms with van der Waals surface area (Å²) < 4.78 is 5.98. The number of aromatic nitrogens is 2. The van der Waals surface area contributed by atoms with Gasteiger partial charge in [0.2, 0.25) is 0 Å². The zero-order chi connectivity index (χ0) is 14.4. The molecule has 20 heavy (non-hydrogen) atoms. The summed E-state index contributed by atoms with van der Waals surface area (Å²) in [6.07, 6.45) is 8.38. The Kier molecular flexibility index (Phi) is 5.77. The van der Waals surface area contributed by atoms with E-state index in [4.69, 9.17) is 15.5 Å². The van der Waals surface area contributed by atoms with Gasteiger partial charge in [-0.15, -0.1) is 0 Å². The molecule has 0 aromatic carbocycles. The van der Waals surface area contributed by atoms with Gasteiger partial charge in [-0.3, -0.25) is 0 Å². The van der Waals surface area contributed by atoms with E-state index in [-0.39, 0.29) is 6.10 Å². The number of rotatable bonds is 6. The summed E-state index contributed by atoms with van der Waals surface area (Å²) in [5, 5.41) is 0. The number of aryl methyl sites for hydroxylation is 1. The molecule has 4 heteroatoms. The molecule has 0 aliphatic heterocycles. The van der Waals surface area contributed by atoms with Crippen LogP contribution in [0.25, 0.3) is 0 Å². The first kappa shape index (κ1) is 15.2. The van der Waals surface area contributed by atoms with Crippen molar-refractivity contribution in [2.45, 2.75) is 64.9 Å². The van der Waals surface area contributed by atoms with Crippen LogP contribution in [0.1, 0.15) is 70.0 Å². The van der Waals surface area contributed by atoms with Crippen LogP contribution in [-0.4, -0.2) is 16.6 Å². The van der Waals surface area contributed by atoms with Crippen molar-refractivity contribution in [3.8, 4) is 0 Å². The lowest BCUT2D eigenvalue weighted by Crippen LogP contribution is -2.22. The van der Waals surface area contributed by atoms with Crippen molar-refractivity contribution in [1.82, 2.24) is 9.97 Å². The standard InChI is InChI=1S/C16H27N3O/c1-3-8-13-11-14(17)19-16(18-13)15(20-4-2)12-9-6-5-7-10-12/h11-12,15H,3-10H2,1-2H3,(H2,17,18,19). The highest BCUT2D eigenvalue weighted by molar-refractivity contribution is 5.30. The normalized spacial score (nSPS) is 18.1. The minimum atomic E-state index is 0.0133. The number of nitrogen functional groups attached to an aromatic ring is 1. The maximum atomic E-state index is 5.98. The second-order valence-electron chi connectivity index (χ2n) is 5.67. The summed E-state index contributed by atoms with van der Waals surface area (Å²) in [6, 6.07) is 1.89. The molecule has 1 fully saturated rings. The second-order valence-corrected chi connectivity index (χ2v) is 5.67. The lowest BCUT2D eigenvalue weighted by atomic mass is 9.85. The van der Waals surface area contributed by atoms with E-state index in [0.717, 1.165) is 24.4 Å². The van der Waals surface area contributed by atoms with Crippen LogP contribution in [0, 0.1) is 5.92 Å². The molecule has 1 aliphatic rings. The van der Waals surface area contributed by atoms with Crippen molar-refractivity contribution in [3.05, 3.63) is 17.6 Å². The summed E-state index contributed by atoms with van der Waals surface area (Å²) in [6.45, 7) is 4.89. The molecule has 1 unspecified atom stereocenters. The van der Waals surface area contributed by atoms with Crippen LogP contribution < -0.4 is 5.73 Å². The third-order valence-corrected chi connectivity index (χ3v) is 4.00. The Balaban J connectivity index is 2.22. The van der Waals surface area contributed by atoms with Crippen molar-refractivity contribution in [1.29, 1.82) is 0 Å². The van der Waals surface area contributed by atoms with Crippen LogP contribution >= 0.6 is 0 Å². The fourth-order valence-electron chi connectivity index (χ4n) is 3.09. The Morgan fingerprint density at radius 1 is 1.25 bits per heavy atom. The van der Waals surface area contributed by atoms with Crippen molar-refractivity contribution in [2.75, 3.05) is 12.3 Å². The Morgan fingerprint density at radius 2 is 2.00 bits per heavy atom. The quantitative estimate of drug-likeness (QED) is 0.861. The highest BCUT2D eigenvalue weighted by Gasteiger charge is 2.28. The first-order valence-corrected chi connectivity index (χ1v) is 7.99. The number of anilines is 1. The van der Waals surface area contributed by atoms with E-state index in [1.165, 1.54) is 32.1 Å². The highest BCUT2D eigenvalue weighted by atomic mass is 16.5. The fourth-order valence-corrected chi connectivity index (χ4v) is 3.09. The molecule has 1 saturated carbocycles. The summed E-state index contributed by atoms with van der Waals surface area (Å²) >= 11 is 0. The fraction of sp³-hybridized carbons (Fsp3) is 0.750. The highest BCUT2D eigenvalue weighted by Crippen LogP contribution is 2.35. The largest absolute Gasteiger partial charge is 0.384 e. The molecule has 1 heterocycles. The molecule has 0 radical (unpaired) electrons. The number of nitrogens with two attached hydrogens (primary N) is 1. The van der Waals surface area contributed by atoms with Gasteiger partial charge in [0.15, 0.2) is 5.82 Å². The molecule has 0 spiro atoms. The first-order valence-electron chi connectivity index (χ1n) is 7.99. The molecule has 0 saturated heterocycles. The van der Waals surface area contributed by atoms with Crippen LogP contribution in [0.3, 0.4) is 0 Å². The smallest absolute Gasteiger partial charge is 0.160 e. The van der Waals surface area contributed by atoms with Crippen molar-refractivity contribution in [2.24, 2.45) is 5.92 Å². The van der Waals surface area contributed by atoms with Crippen LogP contribution in [0.2, 0.25) is 0 Å². The van der Waals surface area contributed by atoms with Gasteiger partial charge in [0.05, 0.1) is 0 Å². The first-order chi connectivity index (χ1) is 9.74. The molecule has 112 valence electrons. The molecule has 1 atom stereocenters. The van der Waals surface area contributed by atoms with Gasteiger partial charge in [-0.05, 0) is 32.1 Å². The Morgan fingerprint density at radius 3 is 2.65 bits per heavy atom. The Labute approximate surface area is 122 Å². The topological polar surface area (TPSA) is 61.0 Å². The SMILES string of the molecule is CCCc1cc(N)nc(C(OCC)C2CCCCC2)n1. The molecule has 1 aromatic rings. The molecule has 4 nitrogen and oxygen atoms in total. The monoisotopic (exact) mass is 277 g/mol. The predicted octanol–water partition coefficient (Wildman–Crippen LogP) is 3.67. The van der Waals surface area contributed by atoms with E-state index < -0.39 is 0 Å². The molecular weight excluding hydrogens is 250 g/mol. The number of nitrogens with zero attached hydrogens (tertiary/aromatic N) is 2. The van der Waals surface area contributed by atoms with E-state index in [0.29, 0.717) is 18.3 Å². The second kappa shape index (κ2) is 7.58. The molecule has 0 amide bonds. The maximum absolute atomic E-state index is 5.98. The minimum absolute atomic E-state index is 0.0133. The molecular formula is C16H27N3O. The molecule has 1 aromatic heterocycles. The van der Waals surface area contributed by atoms with Crippen molar-refractivity contribution in [3.63, 3.8) is 0 Å². The number of ether oxygens (including phenoxy) is 1.